The minimum Gasteiger partial charge on any atom is -0.465 e. The van der Waals surface area contributed by atoms with E-state index in [-0.39, 0.29) is 12.6 Å². The third kappa shape index (κ3) is 3.21. The molecule has 104 valence electrons. The Bertz CT molecular complexity index is 405. The van der Waals surface area contributed by atoms with Gasteiger partial charge in [-0.05, 0) is 39.0 Å². The van der Waals surface area contributed by atoms with Crippen molar-refractivity contribution < 1.29 is 17.9 Å². The number of hydrogen-bond donors (Lipinski definition) is 1. The molecule has 1 saturated heterocycles. The van der Waals surface area contributed by atoms with Crippen LogP contribution < -0.4 is 4.72 Å². The van der Waals surface area contributed by atoms with Crippen LogP contribution in [0, 0.1) is 0 Å². The van der Waals surface area contributed by atoms with E-state index in [0.29, 0.717) is 13.0 Å². The topological polar surface area (TPSA) is 75.7 Å². The first kappa shape index (κ1) is 13.8. The zero-order chi connectivity index (χ0) is 13.2. The number of nitrogens with one attached hydrogen (secondary N) is 1. The van der Waals surface area contributed by atoms with E-state index < -0.39 is 22.2 Å². The smallest absolute Gasteiger partial charge is 0.324 e. The van der Waals surface area contributed by atoms with Gasteiger partial charge >= 0.3 is 5.97 Å². The molecular weight excluding hydrogens is 256 g/mol. The van der Waals surface area contributed by atoms with Gasteiger partial charge in [0.25, 0.3) is 10.2 Å². The van der Waals surface area contributed by atoms with Crippen molar-refractivity contribution >= 4 is 16.2 Å². The van der Waals surface area contributed by atoms with Gasteiger partial charge in [0.15, 0.2) is 0 Å². The highest BCUT2D eigenvalue weighted by atomic mass is 32.2. The summed E-state index contributed by atoms with van der Waals surface area (Å²) >= 11 is 0. The molecule has 1 aliphatic heterocycles. The summed E-state index contributed by atoms with van der Waals surface area (Å²) in [4.78, 5) is 11.8. The van der Waals surface area contributed by atoms with E-state index in [0.717, 1.165) is 25.7 Å². The van der Waals surface area contributed by atoms with E-state index >= 15 is 0 Å². The van der Waals surface area contributed by atoms with Crippen LogP contribution in [0.5, 0.6) is 0 Å². The Morgan fingerprint density at radius 3 is 2.67 bits per heavy atom. The Morgan fingerprint density at radius 1 is 1.33 bits per heavy atom. The van der Waals surface area contributed by atoms with E-state index in [4.69, 9.17) is 4.74 Å². The molecular formula is C11H20N2O4S. The van der Waals surface area contributed by atoms with Gasteiger partial charge in [-0.2, -0.15) is 17.4 Å². The fourth-order valence-corrected chi connectivity index (χ4v) is 3.83. The van der Waals surface area contributed by atoms with E-state index in [1.54, 1.807) is 6.92 Å². The second-order valence-electron chi connectivity index (χ2n) is 4.77. The van der Waals surface area contributed by atoms with Gasteiger partial charge in [0, 0.05) is 12.6 Å². The van der Waals surface area contributed by atoms with Crippen LogP contribution in [0.25, 0.3) is 0 Å². The number of rotatable bonds is 5. The van der Waals surface area contributed by atoms with Crippen molar-refractivity contribution in [1.82, 2.24) is 9.03 Å². The van der Waals surface area contributed by atoms with Crippen LogP contribution in [0.15, 0.2) is 0 Å². The molecule has 1 heterocycles. The summed E-state index contributed by atoms with van der Waals surface area (Å²) in [5, 5.41) is 0. The quantitative estimate of drug-likeness (QED) is 0.738. The van der Waals surface area contributed by atoms with Crippen molar-refractivity contribution in [2.45, 2.75) is 51.1 Å². The minimum atomic E-state index is -3.55. The SMILES string of the molecule is CCOC(=O)C1CCCCN1S(=O)(=O)NC1CC1. The number of carbonyl (C=O) groups is 1. The largest absolute Gasteiger partial charge is 0.465 e. The summed E-state index contributed by atoms with van der Waals surface area (Å²) in [6, 6.07) is -0.602. The normalized spacial score (nSPS) is 25.9. The summed E-state index contributed by atoms with van der Waals surface area (Å²) < 4.78 is 33.2. The molecule has 7 heteroatoms. The Labute approximate surface area is 108 Å². The maximum Gasteiger partial charge on any atom is 0.324 e. The number of piperidine rings is 1. The monoisotopic (exact) mass is 276 g/mol. The molecule has 2 aliphatic rings. The standard InChI is InChI=1S/C11H20N2O4S/c1-2-17-11(14)10-5-3-4-8-13(10)18(15,16)12-9-6-7-9/h9-10,12H,2-8H2,1H3. The maximum absolute atomic E-state index is 12.2. The van der Waals surface area contributed by atoms with E-state index in [2.05, 4.69) is 4.72 Å². The lowest BCUT2D eigenvalue weighted by atomic mass is 10.1. The maximum atomic E-state index is 12.2. The highest BCUT2D eigenvalue weighted by molar-refractivity contribution is 7.87. The first-order chi connectivity index (χ1) is 8.54. The second kappa shape index (κ2) is 5.54. The molecule has 1 atom stereocenters. The molecule has 0 amide bonds. The van der Waals surface area contributed by atoms with Gasteiger partial charge < -0.3 is 4.74 Å². The average molecular weight is 276 g/mol. The molecule has 0 radical (unpaired) electrons. The molecule has 0 aromatic carbocycles. The summed E-state index contributed by atoms with van der Waals surface area (Å²) in [6.45, 7) is 2.40. The van der Waals surface area contributed by atoms with E-state index in [9.17, 15) is 13.2 Å². The molecule has 1 aliphatic carbocycles. The van der Waals surface area contributed by atoms with E-state index in [1.807, 2.05) is 0 Å². The molecule has 2 fully saturated rings. The van der Waals surface area contributed by atoms with Crippen LogP contribution in [-0.4, -0.2) is 43.9 Å². The van der Waals surface area contributed by atoms with Gasteiger partial charge in [0.2, 0.25) is 0 Å². The molecule has 6 nitrogen and oxygen atoms in total. The summed E-state index contributed by atoms with van der Waals surface area (Å²) in [5.74, 6) is -0.432. The van der Waals surface area contributed by atoms with Crippen LogP contribution in [0.2, 0.25) is 0 Å². The predicted molar refractivity (Wildman–Crippen MR) is 66.1 cm³/mol. The lowest BCUT2D eigenvalue weighted by molar-refractivity contribution is -0.148. The zero-order valence-electron chi connectivity index (χ0n) is 10.6. The average Bonchev–Trinajstić information content (AvgIpc) is 3.12. The molecule has 0 aromatic heterocycles. The highest BCUT2D eigenvalue weighted by Gasteiger charge is 2.39. The minimum absolute atomic E-state index is 0.0553. The van der Waals surface area contributed by atoms with Gasteiger partial charge in [0.05, 0.1) is 6.61 Å². The van der Waals surface area contributed by atoms with Gasteiger partial charge in [-0.15, -0.1) is 0 Å². The number of ether oxygens (including phenoxy) is 1. The Hall–Kier alpha value is -0.660. The van der Waals surface area contributed by atoms with Gasteiger partial charge in [0.1, 0.15) is 6.04 Å². The van der Waals surface area contributed by atoms with Gasteiger partial charge in [-0.1, -0.05) is 0 Å². The number of hydrogen-bond acceptors (Lipinski definition) is 4. The number of esters is 1. The highest BCUT2D eigenvalue weighted by Crippen LogP contribution is 2.25. The summed E-state index contributed by atoms with van der Waals surface area (Å²) in [6.07, 6.45) is 3.97. The Kier molecular flexibility index (Phi) is 4.24. The lowest BCUT2D eigenvalue weighted by Crippen LogP contribution is -2.53. The number of nitrogens with zero attached hydrogens (tertiary/aromatic N) is 1. The molecule has 1 saturated carbocycles. The Morgan fingerprint density at radius 2 is 2.06 bits per heavy atom. The van der Waals surface area contributed by atoms with Crippen LogP contribution in [0.4, 0.5) is 0 Å². The van der Waals surface area contributed by atoms with Crippen LogP contribution >= 0.6 is 0 Å². The van der Waals surface area contributed by atoms with Crippen LogP contribution in [-0.2, 0) is 19.7 Å². The first-order valence-corrected chi connectivity index (χ1v) is 7.94. The van der Waals surface area contributed by atoms with E-state index in [1.165, 1.54) is 4.31 Å². The third-order valence-corrected chi connectivity index (χ3v) is 4.90. The van der Waals surface area contributed by atoms with Crippen molar-refractivity contribution in [3.63, 3.8) is 0 Å². The molecule has 0 bridgehead atoms. The van der Waals surface area contributed by atoms with Gasteiger partial charge in [-0.25, -0.2) is 0 Å². The molecule has 1 unspecified atom stereocenters. The molecule has 0 spiro atoms. The van der Waals surface area contributed by atoms with Crippen molar-refractivity contribution in [2.24, 2.45) is 0 Å². The van der Waals surface area contributed by atoms with Crippen LogP contribution in [0.3, 0.4) is 0 Å². The fraction of sp³-hybridized carbons (Fsp3) is 0.909. The van der Waals surface area contributed by atoms with Gasteiger partial charge in [-0.3, -0.25) is 4.79 Å². The lowest BCUT2D eigenvalue weighted by Gasteiger charge is -2.32. The van der Waals surface area contributed by atoms with Crippen molar-refractivity contribution in [2.75, 3.05) is 13.2 Å². The summed E-state index contributed by atoms with van der Waals surface area (Å²) in [7, 11) is -3.55. The van der Waals surface area contributed by atoms with Crippen molar-refractivity contribution in [3.8, 4) is 0 Å². The third-order valence-electron chi connectivity index (χ3n) is 3.21. The van der Waals surface area contributed by atoms with Crippen LogP contribution in [0.1, 0.15) is 39.0 Å². The predicted octanol–water partition coefficient (Wildman–Crippen LogP) is 0.401. The van der Waals surface area contributed by atoms with Crippen molar-refractivity contribution in [1.29, 1.82) is 0 Å². The number of carbonyl (C=O) groups excluding carboxylic acids is 1. The zero-order valence-corrected chi connectivity index (χ0v) is 11.4. The molecule has 1 N–H and O–H groups in total. The summed E-state index contributed by atoms with van der Waals surface area (Å²) in [5.41, 5.74) is 0. The first-order valence-electron chi connectivity index (χ1n) is 6.50. The fourth-order valence-electron chi connectivity index (χ4n) is 2.15. The second-order valence-corrected chi connectivity index (χ2v) is 6.43. The molecule has 2 rings (SSSR count). The molecule has 18 heavy (non-hydrogen) atoms. The Balaban J connectivity index is 2.08. The molecule has 0 aromatic rings. The van der Waals surface area contributed by atoms with Crippen molar-refractivity contribution in [3.05, 3.63) is 0 Å².